The summed E-state index contributed by atoms with van der Waals surface area (Å²) in [6, 6.07) is 3.16. The van der Waals surface area contributed by atoms with Crippen molar-refractivity contribution < 1.29 is 19.5 Å². The highest BCUT2D eigenvalue weighted by atomic mass is 79.9. The van der Waals surface area contributed by atoms with Crippen LogP contribution in [0.4, 0.5) is 0 Å². The molecule has 6 N–H and O–H groups in total. The maximum absolute atomic E-state index is 11.6. The number of phenols is 1. The topological polar surface area (TPSA) is 111 Å². The minimum atomic E-state index is -1.03. The number of fused-ring (bicyclic) bond motifs is 1. The number of nitrogens with zero attached hydrogens (tertiary/aromatic N) is 1. The first kappa shape index (κ1) is 15.3. The first-order valence-corrected chi connectivity index (χ1v) is 7.62. The Morgan fingerprint density at radius 3 is 2.68 bits per heavy atom. The average Bonchev–Trinajstić information content (AvgIpc) is 2.89. The van der Waals surface area contributed by atoms with E-state index in [0.717, 1.165) is 5.39 Å². The van der Waals surface area contributed by atoms with E-state index in [1.54, 1.807) is 6.07 Å². The molecule has 1 saturated heterocycles. The van der Waals surface area contributed by atoms with Crippen molar-refractivity contribution in [1.82, 2.24) is 10.3 Å². The molecule has 1 aliphatic heterocycles. The standard InChI is InChI=1S/C14H17BrN4O3/c1-19(2)9(5-17-14(19)16)11-6-3-7(15)10(20)4-8(6)18-12(11)13(21)22/h3-4,9,14,17-18H,5,16H2,1-2H3,(H-,20,21,22)/p+1. The number of aromatic nitrogens is 1. The third-order valence-corrected chi connectivity index (χ3v) is 5.13. The fourth-order valence-electron chi connectivity index (χ4n) is 3.07. The molecule has 1 aliphatic rings. The van der Waals surface area contributed by atoms with Gasteiger partial charge in [0.25, 0.3) is 0 Å². The van der Waals surface area contributed by atoms with Gasteiger partial charge < -0.3 is 15.2 Å². The van der Waals surface area contributed by atoms with E-state index in [2.05, 4.69) is 26.2 Å². The Hall–Kier alpha value is -1.61. The van der Waals surface area contributed by atoms with Crippen LogP contribution >= 0.6 is 15.9 Å². The van der Waals surface area contributed by atoms with Crippen molar-refractivity contribution in [1.29, 1.82) is 0 Å². The van der Waals surface area contributed by atoms with Gasteiger partial charge in [0, 0.05) is 11.5 Å². The summed E-state index contributed by atoms with van der Waals surface area (Å²) in [4.78, 5) is 14.5. The number of aromatic amines is 1. The molecular formula is C14H18BrN4O3+. The Morgan fingerprint density at radius 1 is 1.45 bits per heavy atom. The third kappa shape index (κ3) is 2.11. The lowest BCUT2D eigenvalue weighted by atomic mass is 10.0. The van der Waals surface area contributed by atoms with Crippen LogP contribution in [0.5, 0.6) is 5.75 Å². The maximum atomic E-state index is 11.6. The molecule has 7 nitrogen and oxygen atoms in total. The van der Waals surface area contributed by atoms with Crippen molar-refractivity contribution >= 4 is 32.8 Å². The van der Waals surface area contributed by atoms with Crippen LogP contribution in [0.3, 0.4) is 0 Å². The number of aromatic carboxylic acids is 1. The van der Waals surface area contributed by atoms with Gasteiger partial charge in [0.05, 0.1) is 36.2 Å². The van der Waals surface area contributed by atoms with Crippen LogP contribution in [0, 0.1) is 0 Å². The molecule has 2 aromatic rings. The lowest BCUT2D eigenvalue weighted by Gasteiger charge is -2.34. The first-order valence-electron chi connectivity index (χ1n) is 6.83. The molecule has 0 amide bonds. The van der Waals surface area contributed by atoms with Gasteiger partial charge in [-0.15, -0.1) is 0 Å². The number of carbonyl (C=O) groups is 1. The Labute approximate surface area is 135 Å². The number of aromatic hydroxyl groups is 1. The molecule has 0 spiro atoms. The van der Waals surface area contributed by atoms with Crippen molar-refractivity contribution in [3.05, 3.63) is 27.9 Å². The molecule has 1 aromatic heterocycles. The molecule has 118 valence electrons. The predicted octanol–water partition coefficient (Wildman–Crippen LogP) is 1.30. The number of H-pyrrole nitrogens is 1. The van der Waals surface area contributed by atoms with E-state index in [4.69, 9.17) is 5.73 Å². The highest BCUT2D eigenvalue weighted by Gasteiger charge is 2.44. The second-order valence-corrected chi connectivity index (χ2v) is 6.92. The van der Waals surface area contributed by atoms with Gasteiger partial charge in [0.2, 0.25) is 0 Å². The lowest BCUT2D eigenvalue weighted by Crippen LogP contribution is -2.54. The molecular weight excluding hydrogens is 352 g/mol. The predicted molar refractivity (Wildman–Crippen MR) is 85.5 cm³/mol. The summed E-state index contributed by atoms with van der Waals surface area (Å²) in [5.41, 5.74) is 7.52. The molecule has 2 unspecified atom stereocenters. The number of carboxylic acids is 1. The zero-order valence-corrected chi connectivity index (χ0v) is 13.8. The minimum absolute atomic E-state index is 0.0623. The first-order chi connectivity index (χ1) is 10.2. The van der Waals surface area contributed by atoms with Crippen LogP contribution in [0.2, 0.25) is 0 Å². The molecule has 0 aliphatic carbocycles. The number of phenolic OH excluding ortho intramolecular Hbond substituents is 1. The zero-order chi connectivity index (χ0) is 16.2. The molecule has 22 heavy (non-hydrogen) atoms. The van der Waals surface area contributed by atoms with E-state index in [-0.39, 0.29) is 23.8 Å². The van der Waals surface area contributed by atoms with E-state index < -0.39 is 5.97 Å². The molecule has 0 radical (unpaired) electrons. The van der Waals surface area contributed by atoms with Crippen molar-refractivity contribution in [2.24, 2.45) is 5.73 Å². The van der Waals surface area contributed by atoms with Gasteiger partial charge >= 0.3 is 5.97 Å². The average molecular weight is 370 g/mol. The highest BCUT2D eigenvalue weighted by Crippen LogP contribution is 2.40. The van der Waals surface area contributed by atoms with Crippen LogP contribution in [0.15, 0.2) is 16.6 Å². The second-order valence-electron chi connectivity index (χ2n) is 6.07. The number of nitrogens with one attached hydrogen (secondary N) is 2. The summed E-state index contributed by atoms with van der Waals surface area (Å²) in [5.74, 6) is -0.963. The number of hydrogen-bond donors (Lipinski definition) is 5. The Kier molecular flexibility index (Phi) is 3.44. The molecule has 1 aromatic carbocycles. The van der Waals surface area contributed by atoms with Crippen LogP contribution in [0.1, 0.15) is 22.1 Å². The quantitative estimate of drug-likeness (QED) is 0.512. The number of likely N-dealkylation sites (N-methyl/N-ethyl adjacent to an activating group) is 1. The van der Waals surface area contributed by atoms with Crippen molar-refractivity contribution in [2.75, 3.05) is 20.6 Å². The van der Waals surface area contributed by atoms with E-state index in [1.807, 2.05) is 14.1 Å². The van der Waals surface area contributed by atoms with Gasteiger partial charge in [-0.3, -0.25) is 10.2 Å². The second kappa shape index (κ2) is 4.95. The summed E-state index contributed by atoms with van der Waals surface area (Å²) in [6.45, 7) is 0.583. The molecule has 2 heterocycles. The molecule has 8 heteroatoms. The van der Waals surface area contributed by atoms with E-state index >= 15 is 0 Å². The number of hydrogen-bond acceptors (Lipinski definition) is 4. The summed E-state index contributed by atoms with van der Waals surface area (Å²) in [5, 5.41) is 23.3. The maximum Gasteiger partial charge on any atom is 0.352 e. The Bertz CT molecular complexity index is 771. The number of benzene rings is 1. The van der Waals surface area contributed by atoms with Gasteiger partial charge in [0.1, 0.15) is 17.5 Å². The summed E-state index contributed by atoms with van der Waals surface area (Å²) in [6.07, 6.45) is -0.267. The van der Waals surface area contributed by atoms with Crippen LogP contribution in [0.25, 0.3) is 10.9 Å². The van der Waals surface area contributed by atoms with Crippen molar-refractivity contribution in [3.8, 4) is 5.75 Å². The fraction of sp³-hybridized carbons (Fsp3) is 0.357. The number of rotatable bonds is 2. The van der Waals surface area contributed by atoms with E-state index in [1.165, 1.54) is 6.07 Å². The van der Waals surface area contributed by atoms with Gasteiger partial charge in [-0.25, -0.2) is 10.1 Å². The number of nitrogens with two attached hydrogens (primary N) is 1. The third-order valence-electron chi connectivity index (χ3n) is 4.49. The number of carboxylic acid groups (broad SMARTS) is 1. The van der Waals surface area contributed by atoms with Crippen LogP contribution in [-0.2, 0) is 0 Å². The molecule has 0 bridgehead atoms. The van der Waals surface area contributed by atoms with Crippen molar-refractivity contribution in [2.45, 2.75) is 12.3 Å². The lowest BCUT2D eigenvalue weighted by molar-refractivity contribution is -0.931. The fourth-order valence-corrected chi connectivity index (χ4v) is 3.41. The summed E-state index contributed by atoms with van der Waals surface area (Å²) < 4.78 is 0.962. The molecule has 3 rings (SSSR count). The highest BCUT2D eigenvalue weighted by molar-refractivity contribution is 9.10. The Morgan fingerprint density at radius 2 is 2.14 bits per heavy atom. The number of halogens is 1. The SMILES string of the molecule is C[N+]1(C)C(N)NCC1c1c(C(=O)O)[nH]c2cc(O)c(Br)cc12. The van der Waals surface area contributed by atoms with Gasteiger partial charge in [-0.2, -0.15) is 0 Å². The smallest absolute Gasteiger partial charge is 0.352 e. The van der Waals surface area contributed by atoms with Crippen molar-refractivity contribution in [3.63, 3.8) is 0 Å². The van der Waals surface area contributed by atoms with Crippen LogP contribution < -0.4 is 11.1 Å². The summed E-state index contributed by atoms with van der Waals surface area (Å²) >= 11 is 3.29. The van der Waals surface area contributed by atoms with E-state index in [9.17, 15) is 15.0 Å². The zero-order valence-electron chi connectivity index (χ0n) is 12.2. The summed E-state index contributed by atoms with van der Waals surface area (Å²) in [7, 11) is 3.94. The van der Waals surface area contributed by atoms with Crippen LogP contribution in [-0.4, -0.2) is 52.6 Å². The molecule has 1 fully saturated rings. The molecule has 0 saturated carbocycles. The monoisotopic (exact) mass is 369 g/mol. The van der Waals surface area contributed by atoms with Gasteiger partial charge in [0.15, 0.2) is 6.29 Å². The largest absolute Gasteiger partial charge is 0.507 e. The van der Waals surface area contributed by atoms with Gasteiger partial charge in [-0.1, -0.05) is 0 Å². The number of quaternary nitrogens is 1. The van der Waals surface area contributed by atoms with E-state index in [0.29, 0.717) is 26.6 Å². The normalized spacial score (nSPS) is 24.0. The van der Waals surface area contributed by atoms with Gasteiger partial charge in [-0.05, 0) is 22.0 Å². The Balaban J connectivity index is 2.29. The molecule has 2 atom stereocenters. The minimum Gasteiger partial charge on any atom is -0.507 e.